The number of rotatable bonds is 6. The van der Waals surface area contributed by atoms with Crippen molar-refractivity contribution >= 4 is 50.8 Å². The highest BCUT2D eigenvalue weighted by Gasteiger charge is 2.31. The zero-order chi connectivity index (χ0) is 18.8. The second kappa shape index (κ2) is 7.63. The normalized spacial score (nSPS) is 12.0. The van der Waals surface area contributed by atoms with Crippen molar-refractivity contribution in [1.29, 1.82) is 0 Å². The maximum Gasteiger partial charge on any atom is 0.246 e. The first kappa shape index (κ1) is 20.2. The number of hydrogen-bond donors (Lipinski definition) is 0. The third-order valence-corrected chi connectivity index (χ3v) is 11.4. The van der Waals surface area contributed by atoms with Crippen LogP contribution in [0.25, 0.3) is 0 Å². The van der Waals surface area contributed by atoms with Gasteiger partial charge in [0.25, 0.3) is 0 Å². The molecular weight excluding hydrogens is 431 g/mol. The van der Waals surface area contributed by atoms with Crippen molar-refractivity contribution < 1.29 is 26.3 Å². The summed E-state index contributed by atoms with van der Waals surface area (Å²) in [5.74, 6) is 0.685. The highest BCUT2D eigenvalue weighted by atomic mass is 35.5. The summed E-state index contributed by atoms with van der Waals surface area (Å²) >= 11 is 11.9. The lowest BCUT2D eigenvalue weighted by atomic mass is 10.3. The lowest BCUT2D eigenvalue weighted by Crippen LogP contribution is -2.04. The average molecular weight is 443 g/mol. The molecule has 0 atom stereocenters. The predicted molar refractivity (Wildman–Crippen MR) is 98.0 cm³/mol. The van der Waals surface area contributed by atoms with Crippen LogP contribution < -0.4 is 9.47 Å². The van der Waals surface area contributed by atoms with Gasteiger partial charge in [-0.05, 0) is 24.3 Å². The van der Waals surface area contributed by atoms with Crippen LogP contribution in [-0.2, 0) is 17.7 Å². The second-order valence-electron chi connectivity index (χ2n) is 4.57. The van der Waals surface area contributed by atoms with Gasteiger partial charge in [0.05, 0.1) is 34.1 Å². The van der Waals surface area contributed by atoms with Crippen LogP contribution in [0.4, 0.5) is 0 Å². The van der Waals surface area contributed by atoms with Crippen LogP contribution in [0, 0.1) is 0 Å². The Morgan fingerprint density at radius 1 is 0.760 bits per heavy atom. The molecule has 25 heavy (non-hydrogen) atoms. The molecule has 0 fully saturated rings. The fourth-order valence-corrected chi connectivity index (χ4v) is 9.95. The molecule has 0 aliphatic rings. The molecule has 0 aliphatic heterocycles. The first-order valence-electron chi connectivity index (χ1n) is 6.49. The minimum absolute atomic E-state index is 0.150. The summed E-state index contributed by atoms with van der Waals surface area (Å²) in [4.78, 5) is -0.679. The Kier molecular flexibility index (Phi) is 6.16. The maximum atomic E-state index is 12.5. The Balaban J connectivity index is 2.43. The quantitative estimate of drug-likeness (QED) is 0.628. The van der Waals surface area contributed by atoms with Crippen LogP contribution in [0.5, 0.6) is 11.5 Å². The van der Waals surface area contributed by atoms with E-state index in [1.54, 1.807) is 0 Å². The fourth-order valence-electron chi connectivity index (χ4n) is 1.81. The first-order valence-corrected chi connectivity index (χ1v) is 12.1. The molecule has 0 spiro atoms. The summed E-state index contributed by atoms with van der Waals surface area (Å²) < 4.78 is 59.7. The van der Waals surface area contributed by atoms with Gasteiger partial charge < -0.3 is 9.47 Å². The second-order valence-corrected chi connectivity index (χ2v) is 12.5. The van der Waals surface area contributed by atoms with Crippen molar-refractivity contribution in [2.75, 3.05) is 14.2 Å². The first-order chi connectivity index (χ1) is 11.6. The summed E-state index contributed by atoms with van der Waals surface area (Å²) in [6.07, 6.45) is 0. The highest BCUT2D eigenvalue weighted by molar-refractivity contribution is 9.04. The minimum atomic E-state index is -4.30. The van der Waals surface area contributed by atoms with Crippen LogP contribution in [0.15, 0.2) is 46.2 Å². The Labute approximate surface area is 158 Å². The molecule has 0 aliphatic carbocycles. The van der Waals surface area contributed by atoms with E-state index >= 15 is 0 Å². The zero-order valence-corrected chi connectivity index (χ0v) is 16.9. The van der Waals surface area contributed by atoms with Gasteiger partial charge >= 0.3 is 0 Å². The molecule has 2 aromatic rings. The summed E-state index contributed by atoms with van der Waals surface area (Å²) in [7, 11) is -6.06. The van der Waals surface area contributed by atoms with Gasteiger partial charge in [0.15, 0.2) is 0 Å². The van der Waals surface area contributed by atoms with Gasteiger partial charge in [-0.3, -0.25) is 0 Å². The molecule has 0 unspecified atom stereocenters. The van der Waals surface area contributed by atoms with Crippen LogP contribution in [0.1, 0.15) is 0 Å². The standard InChI is InChI=1S/C14H12Cl2O6S3/c1-21-9-3-5-13(11(15)7-9)24(17,18)23-25(19,20)14-6-4-10(22-2)8-12(14)16/h3-8H,1-2H3. The van der Waals surface area contributed by atoms with Crippen molar-refractivity contribution in [2.24, 2.45) is 0 Å². The van der Waals surface area contributed by atoms with Gasteiger partial charge in [-0.2, -0.15) is 0 Å². The van der Waals surface area contributed by atoms with Gasteiger partial charge in [0.2, 0.25) is 17.7 Å². The van der Waals surface area contributed by atoms with Crippen molar-refractivity contribution in [1.82, 2.24) is 0 Å². The molecule has 136 valence electrons. The SMILES string of the molecule is COc1ccc(S(=O)(=O)SS(=O)(=O)c2ccc(OC)cc2Cl)c(Cl)c1. The number of methoxy groups -OCH3 is 2. The third kappa shape index (κ3) is 4.53. The lowest BCUT2D eigenvalue weighted by Gasteiger charge is -2.09. The Bertz CT molecular complexity index is 922. The smallest absolute Gasteiger partial charge is 0.246 e. The van der Waals surface area contributed by atoms with Crippen molar-refractivity contribution in [3.8, 4) is 11.5 Å². The van der Waals surface area contributed by atoms with Gasteiger partial charge in [-0.1, -0.05) is 23.2 Å². The molecule has 0 amide bonds. The van der Waals surface area contributed by atoms with Crippen LogP contribution >= 0.6 is 33.0 Å². The maximum absolute atomic E-state index is 12.5. The molecule has 0 radical (unpaired) electrons. The van der Waals surface area contributed by atoms with E-state index in [0.29, 0.717) is 11.5 Å². The van der Waals surface area contributed by atoms with E-state index < -0.39 is 17.7 Å². The largest absolute Gasteiger partial charge is 0.497 e. The van der Waals surface area contributed by atoms with Crippen LogP contribution in [-0.4, -0.2) is 31.1 Å². The number of halogens is 2. The molecule has 2 rings (SSSR count). The van der Waals surface area contributed by atoms with E-state index in [0.717, 1.165) is 0 Å². The predicted octanol–water partition coefficient (Wildman–Crippen LogP) is 3.82. The van der Waals surface area contributed by atoms with Crippen molar-refractivity contribution in [2.45, 2.75) is 9.79 Å². The monoisotopic (exact) mass is 442 g/mol. The third-order valence-electron chi connectivity index (χ3n) is 3.00. The Morgan fingerprint density at radius 2 is 1.12 bits per heavy atom. The number of benzene rings is 2. The Morgan fingerprint density at radius 3 is 1.40 bits per heavy atom. The molecule has 0 N–H and O–H groups in total. The van der Waals surface area contributed by atoms with Crippen LogP contribution in [0.3, 0.4) is 0 Å². The average Bonchev–Trinajstić information content (AvgIpc) is 2.52. The van der Waals surface area contributed by atoms with E-state index in [4.69, 9.17) is 32.7 Å². The lowest BCUT2D eigenvalue weighted by molar-refractivity contribution is 0.414. The van der Waals surface area contributed by atoms with E-state index in [2.05, 4.69) is 0 Å². The molecule has 11 heteroatoms. The van der Waals surface area contributed by atoms with Crippen LogP contribution in [0.2, 0.25) is 10.0 Å². The summed E-state index contributed by atoms with van der Waals surface area (Å²) in [5, 5.41) is -0.300. The molecule has 0 aromatic heterocycles. The number of ether oxygens (including phenoxy) is 2. The molecule has 0 heterocycles. The van der Waals surface area contributed by atoms with Gasteiger partial charge in [0, 0.05) is 12.1 Å². The van der Waals surface area contributed by atoms with Gasteiger partial charge in [-0.15, -0.1) is 0 Å². The summed E-state index contributed by atoms with van der Waals surface area (Å²) in [6.45, 7) is 0. The molecule has 2 aromatic carbocycles. The fraction of sp³-hybridized carbons (Fsp3) is 0.143. The molecule has 0 bridgehead atoms. The van der Waals surface area contributed by atoms with Gasteiger partial charge in [-0.25, -0.2) is 16.8 Å². The van der Waals surface area contributed by atoms with E-state index in [9.17, 15) is 16.8 Å². The zero-order valence-electron chi connectivity index (χ0n) is 12.9. The molecule has 0 saturated carbocycles. The van der Waals surface area contributed by atoms with E-state index in [1.165, 1.54) is 50.6 Å². The topological polar surface area (TPSA) is 86.7 Å². The molecule has 0 saturated heterocycles. The Hall–Kier alpha value is -1.13. The van der Waals surface area contributed by atoms with Gasteiger partial charge in [0.1, 0.15) is 21.3 Å². The van der Waals surface area contributed by atoms with E-state index in [1.807, 2.05) is 0 Å². The van der Waals surface area contributed by atoms with Crippen molar-refractivity contribution in [3.05, 3.63) is 46.4 Å². The highest BCUT2D eigenvalue weighted by Crippen LogP contribution is 2.40. The number of hydrogen-bond acceptors (Lipinski definition) is 7. The summed E-state index contributed by atoms with van der Waals surface area (Å²) in [6, 6.07) is 7.64. The van der Waals surface area contributed by atoms with E-state index in [-0.39, 0.29) is 29.7 Å². The minimum Gasteiger partial charge on any atom is -0.497 e. The molecule has 6 nitrogen and oxygen atoms in total. The molecular formula is C14H12Cl2O6S3. The summed E-state index contributed by atoms with van der Waals surface area (Å²) in [5.41, 5.74) is 0. The van der Waals surface area contributed by atoms with Crippen molar-refractivity contribution in [3.63, 3.8) is 0 Å².